The molecular weight excluding hydrogens is 603 g/mol. The lowest BCUT2D eigenvalue weighted by Crippen LogP contribution is -2.55. The fraction of sp³-hybridized carbons (Fsp3) is 0.0698. The van der Waals surface area contributed by atoms with Gasteiger partial charge in [0.2, 0.25) is 0 Å². The van der Waals surface area contributed by atoms with E-state index in [4.69, 9.17) is 4.42 Å². The predicted molar refractivity (Wildman–Crippen MR) is 202 cm³/mol. The standard InChI is InChI=1S/C43H25BN2OS/c1-43(2)28-17-6-3-11-22(28)41-37(43)27-16-9-14-26-36-35-23-12-4-7-19-31(23)47-32(35)21-30-38(36)44(46(41)39(26)27)29-18-10-15-25-34-24-13-5-8-20-33(24)48-42(34)45(30)40(25)29/h3-21H,1-2H3. The molecule has 0 radical (unpaired) electrons. The van der Waals surface area contributed by atoms with Crippen LogP contribution >= 0.6 is 11.3 Å². The van der Waals surface area contributed by atoms with Crippen molar-refractivity contribution in [2.75, 3.05) is 0 Å². The zero-order chi connectivity index (χ0) is 31.2. The minimum Gasteiger partial charge on any atom is -0.456 e. The molecule has 5 heteroatoms. The van der Waals surface area contributed by atoms with E-state index < -0.39 is 0 Å². The third kappa shape index (κ3) is 2.48. The van der Waals surface area contributed by atoms with Crippen molar-refractivity contribution in [1.82, 2.24) is 9.05 Å². The smallest absolute Gasteiger partial charge is 0.333 e. The number of rotatable bonds is 0. The molecule has 3 aliphatic rings. The number of para-hydroxylation sites is 3. The molecule has 3 nitrogen and oxygen atoms in total. The molecular formula is C43H25BN2OS. The van der Waals surface area contributed by atoms with Gasteiger partial charge in [0.05, 0.1) is 5.52 Å². The first-order valence-electron chi connectivity index (χ1n) is 16.8. The normalized spacial score (nSPS) is 15.0. The molecule has 1 aliphatic carbocycles. The Hall–Kier alpha value is -5.52. The fourth-order valence-corrected chi connectivity index (χ4v) is 11.4. The van der Waals surface area contributed by atoms with Crippen LogP contribution in [0, 0.1) is 0 Å². The molecule has 0 unspecified atom stereocenters. The quantitative estimate of drug-likeness (QED) is 0.153. The summed E-state index contributed by atoms with van der Waals surface area (Å²) in [4.78, 5) is 1.31. The Morgan fingerprint density at radius 3 is 2.35 bits per heavy atom. The number of nitrogens with zero attached hydrogens (tertiary/aromatic N) is 2. The molecule has 0 fully saturated rings. The summed E-state index contributed by atoms with van der Waals surface area (Å²) in [6.07, 6.45) is 0. The highest BCUT2D eigenvalue weighted by molar-refractivity contribution is 7.25. The Morgan fingerprint density at radius 2 is 1.42 bits per heavy atom. The van der Waals surface area contributed by atoms with Crippen LogP contribution in [0.3, 0.4) is 0 Å². The Bertz CT molecular complexity index is 3170. The van der Waals surface area contributed by atoms with Crippen LogP contribution < -0.4 is 10.9 Å². The molecule has 10 aromatic rings. The molecule has 4 aromatic heterocycles. The number of aromatic nitrogens is 2. The highest BCUT2D eigenvalue weighted by Crippen LogP contribution is 2.56. The van der Waals surface area contributed by atoms with E-state index in [1.807, 2.05) is 11.3 Å². The van der Waals surface area contributed by atoms with Crippen molar-refractivity contribution in [3.8, 4) is 28.1 Å². The van der Waals surface area contributed by atoms with Crippen molar-refractivity contribution >= 4 is 93.2 Å². The lowest BCUT2D eigenvalue weighted by Gasteiger charge is -2.34. The second-order valence-electron chi connectivity index (χ2n) is 14.4. The van der Waals surface area contributed by atoms with E-state index in [0.29, 0.717) is 0 Å². The molecule has 48 heavy (non-hydrogen) atoms. The van der Waals surface area contributed by atoms with E-state index in [0.717, 1.165) is 11.2 Å². The number of thiophene rings is 1. The number of benzene rings is 6. The van der Waals surface area contributed by atoms with E-state index in [1.165, 1.54) is 103 Å². The molecule has 0 amide bonds. The number of hydrogen-bond donors (Lipinski definition) is 0. The van der Waals surface area contributed by atoms with Gasteiger partial charge >= 0.3 is 6.85 Å². The maximum Gasteiger partial charge on any atom is 0.333 e. The Kier molecular flexibility index (Phi) is 3.99. The highest BCUT2D eigenvalue weighted by atomic mass is 32.1. The summed E-state index contributed by atoms with van der Waals surface area (Å²) in [6, 6.07) is 43.0. The van der Waals surface area contributed by atoms with Gasteiger partial charge in [-0.2, -0.15) is 0 Å². The molecule has 0 saturated carbocycles. The maximum atomic E-state index is 6.76. The van der Waals surface area contributed by atoms with Crippen molar-refractivity contribution in [3.63, 3.8) is 0 Å². The summed E-state index contributed by atoms with van der Waals surface area (Å²) in [6.45, 7) is 4.85. The average Bonchev–Trinajstić information content (AvgIpc) is 3.89. The van der Waals surface area contributed by atoms with Crippen LogP contribution in [-0.2, 0) is 5.41 Å². The van der Waals surface area contributed by atoms with Gasteiger partial charge in [-0.1, -0.05) is 111 Å². The second kappa shape index (κ2) is 7.78. The van der Waals surface area contributed by atoms with E-state index in [-0.39, 0.29) is 12.3 Å². The van der Waals surface area contributed by atoms with Crippen molar-refractivity contribution in [2.45, 2.75) is 19.3 Å². The average molecular weight is 629 g/mol. The molecule has 0 saturated heterocycles. The largest absolute Gasteiger partial charge is 0.456 e. The van der Waals surface area contributed by atoms with Gasteiger partial charge in [-0.3, -0.25) is 0 Å². The van der Waals surface area contributed by atoms with Crippen LogP contribution in [0.4, 0.5) is 0 Å². The third-order valence-corrected chi connectivity index (χ3v) is 13.0. The number of hydrogen-bond acceptors (Lipinski definition) is 2. The van der Waals surface area contributed by atoms with Crippen LogP contribution in [0.1, 0.15) is 25.0 Å². The molecule has 0 spiro atoms. The summed E-state index contributed by atoms with van der Waals surface area (Å²) >= 11 is 1.91. The molecule has 6 heterocycles. The monoisotopic (exact) mass is 628 g/mol. The molecule has 6 aromatic carbocycles. The van der Waals surface area contributed by atoms with E-state index in [9.17, 15) is 0 Å². The molecule has 0 bridgehead atoms. The van der Waals surface area contributed by atoms with Crippen molar-refractivity contribution < 1.29 is 4.42 Å². The molecule has 2 aliphatic heterocycles. The van der Waals surface area contributed by atoms with E-state index in [2.05, 4.69) is 138 Å². The SMILES string of the molecule is CC1(C)c2ccccc2-c2c1c1cccc3c1n2B1c2c(cc4oc5ccccc5c4c2-3)-n2c3sc4ccccc4c3c3cccc1c32. The Morgan fingerprint density at radius 1 is 0.667 bits per heavy atom. The van der Waals surface area contributed by atoms with Gasteiger partial charge in [-0.25, -0.2) is 0 Å². The summed E-state index contributed by atoms with van der Waals surface area (Å²) in [5.41, 5.74) is 16.7. The fourth-order valence-electron chi connectivity index (χ4n) is 10.2. The maximum absolute atomic E-state index is 6.76. The first-order chi connectivity index (χ1) is 23.6. The number of fused-ring (bicyclic) bond motifs is 18. The van der Waals surface area contributed by atoms with Crippen molar-refractivity contribution in [1.29, 1.82) is 0 Å². The molecule has 222 valence electrons. The van der Waals surface area contributed by atoms with Gasteiger partial charge in [0.25, 0.3) is 0 Å². The van der Waals surface area contributed by atoms with Crippen LogP contribution in [-0.4, -0.2) is 15.9 Å². The lowest BCUT2D eigenvalue weighted by molar-refractivity contribution is 0.666. The van der Waals surface area contributed by atoms with E-state index >= 15 is 0 Å². The first kappa shape index (κ1) is 24.6. The molecule has 0 N–H and O–H groups in total. The topological polar surface area (TPSA) is 23.0 Å². The lowest BCUT2D eigenvalue weighted by atomic mass is 9.45. The van der Waals surface area contributed by atoms with Gasteiger partial charge in [-0.15, -0.1) is 11.3 Å². The third-order valence-electron chi connectivity index (χ3n) is 11.9. The molecule has 0 atom stereocenters. The van der Waals surface area contributed by atoms with Gasteiger partial charge in [-0.05, 0) is 39.7 Å². The van der Waals surface area contributed by atoms with Crippen molar-refractivity contribution in [3.05, 3.63) is 126 Å². The first-order valence-corrected chi connectivity index (χ1v) is 17.6. The summed E-state index contributed by atoms with van der Waals surface area (Å²) in [5, 5.41) is 7.79. The van der Waals surface area contributed by atoms with Crippen LogP contribution in [0.25, 0.3) is 92.1 Å². The van der Waals surface area contributed by atoms with Gasteiger partial charge in [0.1, 0.15) is 16.0 Å². The predicted octanol–water partition coefficient (Wildman–Crippen LogP) is 10.1. The van der Waals surface area contributed by atoms with Crippen LogP contribution in [0.5, 0.6) is 0 Å². The van der Waals surface area contributed by atoms with Crippen LogP contribution in [0.15, 0.2) is 120 Å². The Balaban J connectivity index is 1.33. The highest BCUT2D eigenvalue weighted by Gasteiger charge is 2.48. The van der Waals surface area contributed by atoms with Gasteiger partial charge < -0.3 is 13.5 Å². The van der Waals surface area contributed by atoms with Gasteiger partial charge in [0, 0.05) is 76.5 Å². The van der Waals surface area contributed by atoms with Gasteiger partial charge in [0.15, 0.2) is 0 Å². The minimum atomic E-state index is -0.118. The van der Waals surface area contributed by atoms with Crippen LogP contribution in [0.2, 0.25) is 0 Å². The Labute approximate surface area is 279 Å². The van der Waals surface area contributed by atoms with E-state index in [1.54, 1.807) is 0 Å². The number of furan rings is 1. The molecule has 13 rings (SSSR count). The van der Waals surface area contributed by atoms with Crippen molar-refractivity contribution in [2.24, 2.45) is 0 Å². The summed E-state index contributed by atoms with van der Waals surface area (Å²) in [5.74, 6) is 0. The zero-order valence-electron chi connectivity index (χ0n) is 26.3. The summed E-state index contributed by atoms with van der Waals surface area (Å²) < 4.78 is 13.4. The zero-order valence-corrected chi connectivity index (χ0v) is 27.1. The minimum absolute atomic E-state index is 0.0163. The summed E-state index contributed by atoms with van der Waals surface area (Å²) in [7, 11) is 0. The second-order valence-corrected chi connectivity index (χ2v) is 15.4.